The summed E-state index contributed by atoms with van der Waals surface area (Å²) in [6.07, 6.45) is 4.42. The van der Waals surface area contributed by atoms with Gasteiger partial charge in [-0.3, -0.25) is 0 Å². The van der Waals surface area contributed by atoms with E-state index >= 15 is 0 Å². The number of carbonyl (C=O) groups excluding carboxylic acids is 1. The molecule has 0 heterocycles. The number of hydrogen-bond acceptors (Lipinski definition) is 3. The summed E-state index contributed by atoms with van der Waals surface area (Å²) in [5.41, 5.74) is 0.945. The van der Waals surface area contributed by atoms with E-state index in [0.717, 1.165) is 24.3 Å². The second-order valence-electron chi connectivity index (χ2n) is 5.66. The van der Waals surface area contributed by atoms with Crippen LogP contribution in [0.5, 0.6) is 5.75 Å². The van der Waals surface area contributed by atoms with Gasteiger partial charge >= 0.3 is 5.97 Å². The van der Waals surface area contributed by atoms with Crippen molar-refractivity contribution in [3.05, 3.63) is 28.8 Å². The van der Waals surface area contributed by atoms with E-state index in [2.05, 4.69) is 13.8 Å². The van der Waals surface area contributed by atoms with Crippen LogP contribution in [0.15, 0.2) is 18.2 Å². The summed E-state index contributed by atoms with van der Waals surface area (Å²) < 4.78 is 10.6. The molecule has 3 nitrogen and oxygen atoms in total. The molecule has 0 saturated carbocycles. The summed E-state index contributed by atoms with van der Waals surface area (Å²) in [4.78, 5) is 11.6. The van der Waals surface area contributed by atoms with E-state index in [1.54, 1.807) is 12.1 Å². The van der Waals surface area contributed by atoms with Gasteiger partial charge in [-0.15, -0.1) is 0 Å². The summed E-state index contributed by atoms with van der Waals surface area (Å²) >= 11 is 5.89. The van der Waals surface area contributed by atoms with E-state index in [4.69, 9.17) is 21.1 Å². The van der Waals surface area contributed by atoms with Crippen LogP contribution in [-0.4, -0.2) is 19.2 Å². The molecule has 21 heavy (non-hydrogen) atoms. The number of benzene rings is 1. The number of ether oxygens (including phenoxy) is 2. The second kappa shape index (κ2) is 9.67. The van der Waals surface area contributed by atoms with Crippen molar-refractivity contribution in [1.29, 1.82) is 0 Å². The van der Waals surface area contributed by atoms with Gasteiger partial charge in [0.2, 0.25) is 0 Å². The van der Waals surface area contributed by atoms with Gasteiger partial charge in [0.15, 0.2) is 6.61 Å². The third kappa shape index (κ3) is 7.96. The largest absolute Gasteiger partial charge is 0.482 e. The summed E-state index contributed by atoms with van der Waals surface area (Å²) in [5.74, 6) is 1.02. The summed E-state index contributed by atoms with van der Waals surface area (Å²) in [6, 6.07) is 5.35. The highest BCUT2D eigenvalue weighted by Gasteiger charge is 2.06. The first-order valence-corrected chi connectivity index (χ1v) is 7.91. The molecular formula is C17H25ClO3. The molecule has 0 radical (unpaired) electrons. The van der Waals surface area contributed by atoms with Crippen molar-refractivity contribution < 1.29 is 14.3 Å². The highest BCUT2D eigenvalue weighted by atomic mass is 35.5. The molecule has 0 bridgehead atoms. The topological polar surface area (TPSA) is 35.5 Å². The maximum absolute atomic E-state index is 11.6. The van der Waals surface area contributed by atoms with Crippen LogP contribution in [0.1, 0.15) is 45.1 Å². The number of hydrogen-bond donors (Lipinski definition) is 0. The Morgan fingerprint density at radius 2 is 2.00 bits per heavy atom. The van der Waals surface area contributed by atoms with Crippen molar-refractivity contribution in [2.24, 2.45) is 5.92 Å². The summed E-state index contributed by atoms with van der Waals surface area (Å²) in [5, 5.41) is 0.592. The third-order valence-corrected chi connectivity index (χ3v) is 3.42. The van der Waals surface area contributed by atoms with Crippen LogP contribution in [0.3, 0.4) is 0 Å². The van der Waals surface area contributed by atoms with Crippen molar-refractivity contribution in [3.8, 4) is 5.75 Å². The Bertz CT molecular complexity index is 444. The molecule has 4 heteroatoms. The average Bonchev–Trinajstić information content (AvgIpc) is 2.43. The smallest absolute Gasteiger partial charge is 0.344 e. The molecule has 0 aliphatic carbocycles. The maximum Gasteiger partial charge on any atom is 0.344 e. The molecule has 118 valence electrons. The Hall–Kier alpha value is -1.22. The zero-order valence-corrected chi connectivity index (χ0v) is 13.9. The molecule has 1 rings (SSSR count). The molecule has 0 atom stereocenters. The summed E-state index contributed by atoms with van der Waals surface area (Å²) in [6.45, 7) is 6.73. The minimum Gasteiger partial charge on any atom is -0.482 e. The fourth-order valence-electron chi connectivity index (χ4n) is 1.93. The predicted molar refractivity (Wildman–Crippen MR) is 85.9 cm³/mol. The highest BCUT2D eigenvalue weighted by molar-refractivity contribution is 6.30. The first-order valence-electron chi connectivity index (χ1n) is 7.53. The molecule has 0 saturated heterocycles. The molecule has 0 unspecified atom stereocenters. The number of halogens is 1. The summed E-state index contributed by atoms with van der Waals surface area (Å²) in [7, 11) is 0. The van der Waals surface area contributed by atoms with E-state index in [0.29, 0.717) is 17.4 Å². The lowest BCUT2D eigenvalue weighted by Gasteiger charge is -2.09. The Labute approximate surface area is 132 Å². The van der Waals surface area contributed by atoms with Gasteiger partial charge in [-0.05, 0) is 37.0 Å². The number of rotatable bonds is 9. The van der Waals surface area contributed by atoms with Gasteiger partial charge in [-0.25, -0.2) is 4.79 Å². The zero-order valence-electron chi connectivity index (χ0n) is 13.2. The lowest BCUT2D eigenvalue weighted by molar-refractivity contribution is -0.146. The van der Waals surface area contributed by atoms with Crippen LogP contribution in [0.2, 0.25) is 5.02 Å². The Morgan fingerprint density at radius 1 is 1.24 bits per heavy atom. The third-order valence-electron chi connectivity index (χ3n) is 3.18. The standard InChI is InChI=1S/C17H25ClO3/c1-13(2)7-5-4-6-10-20-17(19)12-21-16-11-15(18)9-8-14(16)3/h8-9,11,13H,4-7,10,12H2,1-3H3. The van der Waals surface area contributed by atoms with E-state index in [9.17, 15) is 4.79 Å². The molecule has 1 aromatic rings. The Kier molecular flexibility index (Phi) is 8.21. The van der Waals surface area contributed by atoms with E-state index in [1.165, 1.54) is 12.8 Å². The van der Waals surface area contributed by atoms with E-state index < -0.39 is 0 Å². The molecule has 1 aromatic carbocycles. The first kappa shape index (κ1) is 17.8. The number of esters is 1. The van der Waals surface area contributed by atoms with Crippen LogP contribution < -0.4 is 4.74 Å². The molecule has 0 aromatic heterocycles. The van der Waals surface area contributed by atoms with Gasteiger partial charge in [-0.1, -0.05) is 50.8 Å². The average molecular weight is 313 g/mol. The molecule has 0 aliphatic heterocycles. The molecule has 0 spiro atoms. The molecular weight excluding hydrogens is 288 g/mol. The normalized spacial score (nSPS) is 10.7. The Morgan fingerprint density at radius 3 is 2.71 bits per heavy atom. The van der Waals surface area contributed by atoms with Gasteiger partial charge in [0, 0.05) is 5.02 Å². The fraction of sp³-hybridized carbons (Fsp3) is 0.588. The number of carbonyl (C=O) groups is 1. The van der Waals surface area contributed by atoms with E-state index in [-0.39, 0.29) is 12.6 Å². The highest BCUT2D eigenvalue weighted by Crippen LogP contribution is 2.22. The molecule has 0 N–H and O–H groups in total. The van der Waals surface area contributed by atoms with Crippen molar-refractivity contribution in [1.82, 2.24) is 0 Å². The molecule has 0 fully saturated rings. The second-order valence-corrected chi connectivity index (χ2v) is 6.10. The van der Waals surface area contributed by atoms with Crippen LogP contribution in [0.25, 0.3) is 0 Å². The molecule has 0 amide bonds. The van der Waals surface area contributed by atoms with Crippen molar-refractivity contribution in [3.63, 3.8) is 0 Å². The van der Waals surface area contributed by atoms with Gasteiger partial charge in [0.25, 0.3) is 0 Å². The maximum atomic E-state index is 11.6. The van der Waals surface area contributed by atoms with Crippen LogP contribution in [0, 0.1) is 12.8 Å². The SMILES string of the molecule is Cc1ccc(Cl)cc1OCC(=O)OCCCCCC(C)C. The van der Waals surface area contributed by atoms with Crippen LogP contribution >= 0.6 is 11.6 Å². The van der Waals surface area contributed by atoms with Crippen LogP contribution in [0.4, 0.5) is 0 Å². The lowest BCUT2D eigenvalue weighted by atomic mass is 10.1. The molecule has 0 aliphatic rings. The van der Waals surface area contributed by atoms with Crippen LogP contribution in [-0.2, 0) is 9.53 Å². The van der Waals surface area contributed by atoms with Gasteiger partial charge < -0.3 is 9.47 Å². The zero-order chi connectivity index (χ0) is 15.7. The van der Waals surface area contributed by atoms with Gasteiger partial charge in [-0.2, -0.15) is 0 Å². The first-order chi connectivity index (χ1) is 9.99. The minimum absolute atomic E-state index is 0.0762. The number of aryl methyl sites for hydroxylation is 1. The van der Waals surface area contributed by atoms with Crippen molar-refractivity contribution in [2.75, 3.05) is 13.2 Å². The van der Waals surface area contributed by atoms with Crippen molar-refractivity contribution in [2.45, 2.75) is 46.5 Å². The Balaban J connectivity index is 2.15. The fourth-order valence-corrected chi connectivity index (χ4v) is 2.09. The minimum atomic E-state index is -0.335. The quantitative estimate of drug-likeness (QED) is 0.486. The number of unbranched alkanes of at least 4 members (excludes halogenated alkanes) is 2. The van der Waals surface area contributed by atoms with Crippen molar-refractivity contribution >= 4 is 17.6 Å². The van der Waals surface area contributed by atoms with E-state index in [1.807, 2.05) is 13.0 Å². The van der Waals surface area contributed by atoms with Gasteiger partial charge in [0.05, 0.1) is 6.61 Å². The van der Waals surface area contributed by atoms with Gasteiger partial charge in [0.1, 0.15) is 5.75 Å². The lowest BCUT2D eigenvalue weighted by Crippen LogP contribution is -2.15. The predicted octanol–water partition coefficient (Wildman–Crippen LogP) is 4.79. The monoisotopic (exact) mass is 312 g/mol.